The van der Waals surface area contributed by atoms with Crippen LogP contribution in [0.5, 0.6) is 0 Å². The van der Waals surface area contributed by atoms with E-state index in [9.17, 15) is 8.76 Å². The third-order valence-corrected chi connectivity index (χ3v) is 12.5. The van der Waals surface area contributed by atoms with E-state index in [2.05, 4.69) is 0 Å². The minimum Gasteiger partial charge on any atom is -0.322 e. The molecule has 0 aliphatic heterocycles. The van der Waals surface area contributed by atoms with Gasteiger partial charge in [-0.2, -0.15) is 0 Å². The molecule has 2 aromatic rings. The van der Waals surface area contributed by atoms with Crippen molar-refractivity contribution in [2.45, 2.75) is 26.2 Å². The van der Waals surface area contributed by atoms with Gasteiger partial charge in [-0.25, -0.2) is 4.57 Å². The fourth-order valence-electron chi connectivity index (χ4n) is 2.35. The Kier molecular flexibility index (Phi) is 5.43. The summed E-state index contributed by atoms with van der Waals surface area (Å²) in [5.41, 5.74) is 0. The van der Waals surface area contributed by atoms with Crippen LogP contribution in [0.15, 0.2) is 60.7 Å². The predicted molar refractivity (Wildman–Crippen MR) is 98.0 cm³/mol. The van der Waals surface area contributed by atoms with Crippen molar-refractivity contribution in [2.24, 2.45) is 0 Å². The second kappa shape index (κ2) is 6.83. The molecule has 0 aliphatic carbocycles. The second-order valence-electron chi connectivity index (χ2n) is 6.37. The number of hydrogen-bond acceptors (Lipinski definition) is 3. The van der Waals surface area contributed by atoms with E-state index >= 15 is 0 Å². The van der Waals surface area contributed by atoms with E-state index in [1.165, 1.54) is 0 Å². The largest absolute Gasteiger partial charge is 0.493 e. The first-order valence-corrected chi connectivity index (χ1v) is 14.7. The Labute approximate surface area is 139 Å². The highest BCUT2D eigenvalue weighted by atomic mass is 31.2. The third kappa shape index (κ3) is 4.96. The van der Waals surface area contributed by atoms with Crippen molar-refractivity contribution in [3.63, 3.8) is 0 Å². The number of benzene rings is 2. The van der Waals surface area contributed by atoms with Gasteiger partial charge in [0.25, 0.3) is 0 Å². The molecule has 3 nitrogen and oxygen atoms in total. The molecule has 0 aromatic heterocycles. The van der Waals surface area contributed by atoms with Crippen molar-refractivity contribution in [2.75, 3.05) is 0 Å². The molecule has 124 valence electrons. The van der Waals surface area contributed by atoms with E-state index in [1.54, 1.807) is 0 Å². The first-order valence-electron chi connectivity index (χ1n) is 7.45. The van der Waals surface area contributed by atoms with Crippen LogP contribution in [0.25, 0.3) is 0 Å². The van der Waals surface area contributed by atoms with Gasteiger partial charge in [0.05, 0.1) is 0 Å². The average molecular weight is 368 g/mol. The van der Waals surface area contributed by atoms with Crippen molar-refractivity contribution in [1.82, 2.24) is 0 Å². The van der Waals surface area contributed by atoms with E-state index in [0.29, 0.717) is 0 Å². The quantitative estimate of drug-likeness (QED) is 0.563. The van der Waals surface area contributed by atoms with Gasteiger partial charge in [-0.05, 0) is 36.6 Å². The van der Waals surface area contributed by atoms with Crippen LogP contribution >= 0.6 is 7.91 Å². The number of rotatable bonds is 6. The lowest BCUT2D eigenvalue weighted by Crippen LogP contribution is -2.47. The van der Waals surface area contributed by atoms with Gasteiger partial charge >= 0.3 is 7.91 Å². The molecule has 0 atom stereocenters. The molecule has 0 radical (unpaired) electrons. The Morgan fingerprint density at radius 2 is 1.04 bits per heavy atom. The fraction of sp³-hybridized carbons (Fsp3) is 0.250. The Balaban J connectivity index is 2.17. The van der Waals surface area contributed by atoms with E-state index in [0.717, 1.165) is 10.4 Å². The molecular formula is C16H22FO3PSi2. The van der Waals surface area contributed by atoms with Crippen LogP contribution in [-0.4, -0.2) is 16.6 Å². The lowest BCUT2D eigenvalue weighted by atomic mass is 10.4. The molecule has 0 saturated carbocycles. The average Bonchev–Trinajstić information content (AvgIpc) is 2.47. The van der Waals surface area contributed by atoms with E-state index < -0.39 is 24.5 Å². The molecule has 0 heterocycles. The number of hydrogen-bond donors (Lipinski definition) is 0. The van der Waals surface area contributed by atoms with Gasteiger partial charge in [-0.1, -0.05) is 60.7 Å². The molecule has 0 unspecified atom stereocenters. The lowest BCUT2D eigenvalue weighted by Gasteiger charge is -2.29. The zero-order valence-corrected chi connectivity index (χ0v) is 16.7. The summed E-state index contributed by atoms with van der Waals surface area (Å²) < 4.78 is 37.8. The smallest absolute Gasteiger partial charge is 0.322 e. The molecule has 2 rings (SSSR count). The maximum Gasteiger partial charge on any atom is 0.493 e. The highest BCUT2D eigenvalue weighted by Gasteiger charge is 2.42. The molecule has 2 aromatic carbocycles. The van der Waals surface area contributed by atoms with Gasteiger partial charge in [0.2, 0.25) is 16.6 Å². The summed E-state index contributed by atoms with van der Waals surface area (Å²) in [5, 5.41) is 1.75. The van der Waals surface area contributed by atoms with E-state index in [1.807, 2.05) is 86.9 Å². The van der Waals surface area contributed by atoms with Crippen LogP contribution in [0.4, 0.5) is 4.20 Å². The molecule has 0 N–H and O–H groups in total. The third-order valence-electron chi connectivity index (χ3n) is 3.61. The highest BCUT2D eigenvalue weighted by Crippen LogP contribution is 2.54. The van der Waals surface area contributed by atoms with Crippen molar-refractivity contribution in [3.8, 4) is 0 Å². The highest BCUT2D eigenvalue weighted by molar-refractivity contribution is 7.52. The maximum atomic E-state index is 14.6. The summed E-state index contributed by atoms with van der Waals surface area (Å²) in [4.78, 5) is 0. The molecule has 0 saturated heterocycles. The fourth-order valence-corrected chi connectivity index (χ4v) is 10.0. The zero-order chi connectivity index (χ0) is 17.1. The SMILES string of the molecule is C[Si](C)(OP(=O)(F)O[Si](C)(C)c1ccccc1)c1ccccc1. The molecule has 0 spiro atoms. The first kappa shape index (κ1) is 18.3. The molecule has 0 fully saturated rings. The minimum absolute atomic E-state index is 0.876. The van der Waals surface area contributed by atoms with E-state index in [-0.39, 0.29) is 0 Å². The van der Waals surface area contributed by atoms with Gasteiger partial charge in [-0.3, -0.25) is 0 Å². The van der Waals surface area contributed by atoms with Crippen LogP contribution in [0.1, 0.15) is 0 Å². The summed E-state index contributed by atoms with van der Waals surface area (Å²) in [6.07, 6.45) is 0. The Morgan fingerprint density at radius 3 is 1.35 bits per heavy atom. The standard InChI is InChI=1S/C16H22FO3PSi2/c1-22(2,15-11-7-5-8-12-15)19-21(17,18)20-23(3,4)16-13-9-6-10-14-16/h5-14H,1-4H3. The molecule has 7 heteroatoms. The summed E-state index contributed by atoms with van der Waals surface area (Å²) in [6.45, 7) is 7.26. The molecular weight excluding hydrogens is 346 g/mol. The van der Waals surface area contributed by atoms with Crippen LogP contribution in [-0.2, 0) is 13.0 Å². The predicted octanol–water partition coefficient (Wildman–Crippen LogP) is 4.32. The Morgan fingerprint density at radius 1 is 0.739 bits per heavy atom. The van der Waals surface area contributed by atoms with Crippen molar-refractivity contribution < 1.29 is 17.2 Å². The van der Waals surface area contributed by atoms with Gasteiger partial charge in [0.1, 0.15) is 0 Å². The summed E-state index contributed by atoms with van der Waals surface area (Å²) >= 11 is 0. The first-order chi connectivity index (χ1) is 10.6. The van der Waals surface area contributed by atoms with Gasteiger partial charge in [-0.15, -0.1) is 4.20 Å². The normalized spacial score (nSPS) is 13.1. The Bertz CT molecular complexity index is 635. The van der Waals surface area contributed by atoms with Gasteiger partial charge in [0, 0.05) is 0 Å². The topological polar surface area (TPSA) is 35.5 Å². The number of halogens is 1. The lowest BCUT2D eigenvalue weighted by molar-refractivity contribution is 0.337. The minimum atomic E-state index is -4.64. The van der Waals surface area contributed by atoms with Crippen molar-refractivity contribution in [1.29, 1.82) is 0 Å². The molecule has 23 heavy (non-hydrogen) atoms. The van der Waals surface area contributed by atoms with Crippen LogP contribution in [0, 0.1) is 0 Å². The Hall–Kier alpha value is -1.05. The maximum absolute atomic E-state index is 14.6. The second-order valence-corrected chi connectivity index (χ2v) is 15.9. The summed E-state index contributed by atoms with van der Waals surface area (Å²) in [6, 6.07) is 18.7. The molecule has 0 aliphatic rings. The monoisotopic (exact) mass is 368 g/mol. The van der Waals surface area contributed by atoms with E-state index in [4.69, 9.17) is 8.43 Å². The van der Waals surface area contributed by atoms with Gasteiger partial charge in [0.15, 0.2) is 0 Å². The van der Waals surface area contributed by atoms with Crippen molar-refractivity contribution in [3.05, 3.63) is 60.7 Å². The summed E-state index contributed by atoms with van der Waals surface area (Å²) in [5.74, 6) is 0. The van der Waals surface area contributed by atoms with Gasteiger partial charge < -0.3 is 8.43 Å². The van der Waals surface area contributed by atoms with Crippen molar-refractivity contribution >= 4 is 34.9 Å². The van der Waals surface area contributed by atoms with Crippen LogP contribution in [0.3, 0.4) is 0 Å². The summed E-state index contributed by atoms with van der Waals surface area (Å²) in [7, 11) is -9.96. The van der Waals surface area contributed by atoms with Crippen LogP contribution in [0.2, 0.25) is 26.2 Å². The molecule has 0 amide bonds. The zero-order valence-electron chi connectivity index (χ0n) is 13.8. The molecule has 0 bridgehead atoms. The van der Waals surface area contributed by atoms with Crippen LogP contribution < -0.4 is 10.4 Å².